The lowest BCUT2D eigenvalue weighted by Crippen LogP contribution is -2.17. The second-order valence-electron chi connectivity index (χ2n) is 7.47. The summed E-state index contributed by atoms with van der Waals surface area (Å²) in [6.45, 7) is 2.85. The van der Waals surface area contributed by atoms with Crippen LogP contribution >= 0.6 is 11.8 Å². The summed E-state index contributed by atoms with van der Waals surface area (Å²) >= 11 is 0.360. The van der Waals surface area contributed by atoms with Gasteiger partial charge in [0.05, 0.1) is 22.8 Å². The number of carbonyl (C=O) groups is 2. The fourth-order valence-electron chi connectivity index (χ4n) is 3.70. The van der Waals surface area contributed by atoms with E-state index < -0.39 is 40.1 Å². The lowest BCUT2D eigenvalue weighted by molar-refractivity contribution is -0.105. The third kappa shape index (κ3) is 5.71. The molecule has 0 spiro atoms. The Balaban J connectivity index is 1.69. The van der Waals surface area contributed by atoms with Crippen molar-refractivity contribution in [3.05, 3.63) is 46.9 Å². The summed E-state index contributed by atoms with van der Waals surface area (Å²) in [5, 5.41) is -0.136. The number of ether oxygens (including phenoxy) is 1. The maximum absolute atomic E-state index is 12.7. The van der Waals surface area contributed by atoms with E-state index in [1.54, 1.807) is 19.9 Å². The number of hydrogen-bond donors (Lipinski definition) is 0. The zero-order chi connectivity index (χ0) is 23.7. The van der Waals surface area contributed by atoms with Crippen molar-refractivity contribution in [2.45, 2.75) is 37.5 Å². The number of nitrogens with zero attached hydrogens (tertiary/aromatic N) is 2. The van der Waals surface area contributed by atoms with E-state index in [1.165, 1.54) is 18.3 Å². The first-order valence-corrected chi connectivity index (χ1v) is 12.4. The minimum absolute atomic E-state index is 0.00531. The van der Waals surface area contributed by atoms with Gasteiger partial charge in [-0.05, 0) is 38.5 Å². The van der Waals surface area contributed by atoms with E-state index in [4.69, 9.17) is 4.74 Å². The van der Waals surface area contributed by atoms with Crippen LogP contribution in [-0.4, -0.2) is 59.8 Å². The van der Waals surface area contributed by atoms with Gasteiger partial charge >= 0.3 is 12.1 Å². The lowest BCUT2D eigenvalue weighted by atomic mass is 10.1. The maximum Gasteiger partial charge on any atom is 0.398 e. The minimum Gasteiger partial charge on any atom is -0.454 e. The number of Topliss-reactive ketones (excluding diaryl/α,β-unsaturated/α-hetero) is 1. The van der Waals surface area contributed by atoms with Gasteiger partial charge in [0.25, 0.3) is 0 Å². The van der Waals surface area contributed by atoms with Crippen LogP contribution in [0.2, 0.25) is 0 Å². The minimum atomic E-state index is -4.43. The third-order valence-electron chi connectivity index (χ3n) is 5.06. The molecule has 32 heavy (non-hydrogen) atoms. The number of sulfone groups is 1. The van der Waals surface area contributed by atoms with Crippen molar-refractivity contribution < 1.29 is 35.9 Å². The quantitative estimate of drug-likeness (QED) is 0.333. The number of hydrogen-bond acceptors (Lipinski definition) is 7. The van der Waals surface area contributed by atoms with Gasteiger partial charge in [0, 0.05) is 29.2 Å². The van der Waals surface area contributed by atoms with Crippen LogP contribution in [0.4, 0.5) is 13.2 Å². The van der Waals surface area contributed by atoms with Gasteiger partial charge in [-0.3, -0.25) is 4.79 Å². The molecular formula is C20H21F3N2O5S2. The zero-order valence-corrected chi connectivity index (χ0v) is 18.9. The molecule has 1 atom stereocenters. The van der Waals surface area contributed by atoms with E-state index in [-0.39, 0.29) is 28.1 Å². The number of thioether (sulfide) groups is 1. The first kappa shape index (κ1) is 24.3. The average Bonchev–Trinajstić information content (AvgIpc) is 3.21. The molecule has 0 radical (unpaired) electrons. The van der Waals surface area contributed by atoms with E-state index in [1.807, 2.05) is 4.57 Å². The number of pyridine rings is 1. The summed E-state index contributed by atoms with van der Waals surface area (Å²) in [6, 6.07) is 4.03. The van der Waals surface area contributed by atoms with Crippen LogP contribution in [0.25, 0.3) is 0 Å². The third-order valence-corrected chi connectivity index (χ3v) is 7.88. The molecule has 7 nitrogen and oxygen atoms in total. The van der Waals surface area contributed by atoms with E-state index >= 15 is 0 Å². The Labute approximate surface area is 187 Å². The zero-order valence-electron chi connectivity index (χ0n) is 17.3. The van der Waals surface area contributed by atoms with Gasteiger partial charge in [-0.1, -0.05) is 11.8 Å². The Bertz CT molecular complexity index is 1140. The highest BCUT2D eigenvalue weighted by Crippen LogP contribution is 2.30. The van der Waals surface area contributed by atoms with Crippen LogP contribution in [0.3, 0.4) is 0 Å². The van der Waals surface area contributed by atoms with Gasteiger partial charge < -0.3 is 9.30 Å². The molecule has 2 aromatic rings. The topological polar surface area (TPSA) is 95.3 Å². The van der Waals surface area contributed by atoms with Gasteiger partial charge in [-0.25, -0.2) is 18.2 Å². The van der Waals surface area contributed by atoms with Gasteiger partial charge in [0.2, 0.25) is 5.78 Å². The smallest absolute Gasteiger partial charge is 0.398 e. The number of esters is 1. The highest BCUT2D eigenvalue weighted by atomic mass is 32.2. The van der Waals surface area contributed by atoms with Gasteiger partial charge in [0.1, 0.15) is 5.03 Å². The molecule has 2 aromatic heterocycles. The largest absolute Gasteiger partial charge is 0.454 e. The van der Waals surface area contributed by atoms with E-state index in [9.17, 15) is 31.2 Å². The molecule has 0 unspecified atom stereocenters. The predicted molar refractivity (Wildman–Crippen MR) is 112 cm³/mol. The van der Waals surface area contributed by atoms with Crippen LogP contribution in [0, 0.1) is 13.8 Å². The SMILES string of the molecule is Cc1cc(C(=O)COC(=O)c2cccnc2SCC(F)(F)F)c(C)n1[C@@H]1CCS(=O)(=O)C1. The number of aromatic nitrogens is 2. The van der Waals surface area contributed by atoms with Crippen molar-refractivity contribution in [1.82, 2.24) is 9.55 Å². The first-order chi connectivity index (χ1) is 14.9. The molecular weight excluding hydrogens is 469 g/mol. The molecule has 0 aliphatic carbocycles. The second kappa shape index (κ2) is 9.26. The molecule has 0 bridgehead atoms. The second-order valence-corrected chi connectivity index (χ2v) is 10.7. The molecule has 3 rings (SSSR count). The fraction of sp³-hybridized carbons (Fsp3) is 0.450. The van der Waals surface area contributed by atoms with Crippen molar-refractivity contribution in [2.24, 2.45) is 0 Å². The van der Waals surface area contributed by atoms with Crippen LogP contribution < -0.4 is 0 Å². The lowest BCUT2D eigenvalue weighted by Gasteiger charge is -2.16. The standard InChI is InChI=1S/C20H21F3N2O5S2/c1-12-8-16(13(2)25(12)14-5-7-32(28,29)10-14)17(26)9-30-19(27)15-4-3-6-24-18(15)31-11-20(21,22)23/h3-4,6,8,14H,5,7,9-11H2,1-2H3/t14-/m1/s1. The summed E-state index contributed by atoms with van der Waals surface area (Å²) in [5.74, 6) is -2.56. The highest BCUT2D eigenvalue weighted by Gasteiger charge is 2.32. The fourth-order valence-corrected chi connectivity index (χ4v) is 6.14. The monoisotopic (exact) mass is 490 g/mol. The average molecular weight is 491 g/mol. The van der Waals surface area contributed by atoms with Crippen molar-refractivity contribution in [3.8, 4) is 0 Å². The number of rotatable bonds is 7. The summed E-state index contributed by atoms with van der Waals surface area (Å²) in [7, 11) is -3.11. The molecule has 1 aliphatic rings. The Morgan fingerprint density at radius 3 is 2.62 bits per heavy atom. The molecule has 1 aliphatic heterocycles. The molecule has 0 saturated carbocycles. The van der Waals surface area contributed by atoms with Crippen molar-refractivity contribution in [1.29, 1.82) is 0 Å². The van der Waals surface area contributed by atoms with E-state index in [0.717, 1.165) is 5.69 Å². The highest BCUT2D eigenvalue weighted by molar-refractivity contribution is 7.99. The number of halogens is 3. The van der Waals surface area contributed by atoms with Crippen molar-refractivity contribution in [3.63, 3.8) is 0 Å². The van der Waals surface area contributed by atoms with E-state index in [0.29, 0.717) is 29.4 Å². The normalized spacial score (nSPS) is 18.0. The van der Waals surface area contributed by atoms with E-state index in [2.05, 4.69) is 4.98 Å². The Hall–Kier alpha value is -2.34. The van der Waals surface area contributed by atoms with Crippen LogP contribution in [0.5, 0.6) is 0 Å². The number of alkyl halides is 3. The molecule has 12 heteroatoms. The Morgan fingerprint density at radius 1 is 1.28 bits per heavy atom. The van der Waals surface area contributed by atoms with Crippen molar-refractivity contribution >= 4 is 33.4 Å². The predicted octanol–water partition coefficient (Wildman–Crippen LogP) is 3.55. The molecule has 3 heterocycles. The molecule has 0 N–H and O–H groups in total. The number of carbonyl (C=O) groups excluding carboxylic acids is 2. The van der Waals surface area contributed by atoms with Gasteiger partial charge in [-0.15, -0.1) is 0 Å². The molecule has 1 fully saturated rings. The van der Waals surface area contributed by atoms with Crippen molar-refractivity contribution in [2.75, 3.05) is 23.9 Å². The molecule has 174 valence electrons. The van der Waals surface area contributed by atoms with Gasteiger partial charge in [0.15, 0.2) is 16.4 Å². The Morgan fingerprint density at radius 2 is 2.00 bits per heavy atom. The summed E-state index contributed by atoms with van der Waals surface area (Å²) in [6.07, 6.45) is -2.71. The Kier molecular flexibility index (Phi) is 7.03. The maximum atomic E-state index is 12.7. The number of aryl methyl sites for hydroxylation is 1. The molecule has 0 amide bonds. The molecule has 0 aromatic carbocycles. The molecule has 1 saturated heterocycles. The van der Waals surface area contributed by atoms with Crippen LogP contribution in [-0.2, 0) is 14.6 Å². The van der Waals surface area contributed by atoms with Crippen LogP contribution in [0.1, 0.15) is 44.6 Å². The van der Waals surface area contributed by atoms with Crippen LogP contribution in [0.15, 0.2) is 29.4 Å². The van der Waals surface area contributed by atoms with Gasteiger partial charge in [-0.2, -0.15) is 13.2 Å². The summed E-state index contributed by atoms with van der Waals surface area (Å²) < 4.78 is 68.0. The first-order valence-electron chi connectivity index (χ1n) is 9.61. The summed E-state index contributed by atoms with van der Waals surface area (Å²) in [5.41, 5.74) is 1.44. The summed E-state index contributed by atoms with van der Waals surface area (Å²) in [4.78, 5) is 28.9. The number of ketones is 1.